The van der Waals surface area contributed by atoms with E-state index < -0.39 is 0 Å². The summed E-state index contributed by atoms with van der Waals surface area (Å²) in [6.45, 7) is 6.83. The van der Waals surface area contributed by atoms with Crippen molar-refractivity contribution in [3.05, 3.63) is 18.0 Å². The van der Waals surface area contributed by atoms with E-state index in [0.717, 1.165) is 31.0 Å². The highest BCUT2D eigenvalue weighted by Crippen LogP contribution is 2.27. The second-order valence-corrected chi connectivity index (χ2v) is 4.17. The van der Waals surface area contributed by atoms with Crippen LogP contribution < -0.4 is 10.1 Å². The van der Waals surface area contributed by atoms with Gasteiger partial charge in [-0.05, 0) is 6.92 Å². The van der Waals surface area contributed by atoms with Crippen LogP contribution in [0.4, 0.5) is 5.82 Å². The highest BCUT2D eigenvalue weighted by atomic mass is 16.5. The molecule has 0 saturated carbocycles. The van der Waals surface area contributed by atoms with Gasteiger partial charge in [-0.2, -0.15) is 4.68 Å². The van der Waals surface area contributed by atoms with Gasteiger partial charge in [0, 0.05) is 19.4 Å². The number of hydrogen-bond donors (Lipinski definition) is 1. The van der Waals surface area contributed by atoms with E-state index in [1.165, 1.54) is 6.33 Å². The Bertz CT molecular complexity index is 580. The number of aryl methyl sites for hydroxylation is 2. The first-order chi connectivity index (χ1) is 9.74. The van der Waals surface area contributed by atoms with Crippen molar-refractivity contribution in [1.29, 1.82) is 0 Å². The van der Waals surface area contributed by atoms with Crippen LogP contribution in [0.25, 0.3) is 5.82 Å². The molecule has 2 rings (SSSR count). The monoisotopic (exact) mass is 276 g/mol. The van der Waals surface area contributed by atoms with Gasteiger partial charge in [-0.15, -0.1) is 5.10 Å². The van der Waals surface area contributed by atoms with Crippen LogP contribution in [0.15, 0.2) is 6.33 Å². The average Bonchev–Trinajstić information content (AvgIpc) is 2.90. The van der Waals surface area contributed by atoms with Gasteiger partial charge in [-0.1, -0.05) is 13.8 Å². The molecule has 0 atom stereocenters. The van der Waals surface area contributed by atoms with Crippen molar-refractivity contribution < 1.29 is 4.74 Å². The van der Waals surface area contributed by atoms with Crippen LogP contribution in [-0.4, -0.2) is 38.4 Å². The fourth-order valence-electron chi connectivity index (χ4n) is 1.94. The van der Waals surface area contributed by atoms with Crippen LogP contribution >= 0.6 is 0 Å². The van der Waals surface area contributed by atoms with Crippen molar-refractivity contribution in [1.82, 2.24) is 24.7 Å². The predicted octanol–water partition coefficient (Wildman–Crippen LogP) is 1.62. The van der Waals surface area contributed by atoms with Crippen molar-refractivity contribution in [3.63, 3.8) is 0 Å². The predicted molar refractivity (Wildman–Crippen MR) is 76.4 cm³/mol. The van der Waals surface area contributed by atoms with Crippen molar-refractivity contribution in [2.24, 2.45) is 0 Å². The number of nitrogens with one attached hydrogen (secondary N) is 1. The minimum absolute atomic E-state index is 0.580. The lowest BCUT2D eigenvalue weighted by Crippen LogP contribution is -2.10. The van der Waals surface area contributed by atoms with E-state index >= 15 is 0 Å². The van der Waals surface area contributed by atoms with Gasteiger partial charge in [-0.25, -0.2) is 15.0 Å². The van der Waals surface area contributed by atoms with Gasteiger partial charge >= 0.3 is 0 Å². The summed E-state index contributed by atoms with van der Waals surface area (Å²) in [6.07, 6.45) is 3.06. The third-order valence-electron chi connectivity index (χ3n) is 2.88. The van der Waals surface area contributed by atoms with Crippen molar-refractivity contribution in [2.45, 2.75) is 33.6 Å². The molecule has 0 aliphatic rings. The average molecular weight is 276 g/mol. The van der Waals surface area contributed by atoms with Gasteiger partial charge in [0.2, 0.25) is 11.6 Å². The van der Waals surface area contributed by atoms with Gasteiger partial charge in [0.05, 0.1) is 7.11 Å². The first kappa shape index (κ1) is 14.2. The molecular formula is C13H20N6O. The maximum absolute atomic E-state index is 5.45. The maximum Gasteiger partial charge on any atom is 0.206 e. The molecule has 2 heterocycles. The van der Waals surface area contributed by atoms with E-state index in [4.69, 9.17) is 4.74 Å². The van der Waals surface area contributed by atoms with Crippen LogP contribution in [-0.2, 0) is 12.8 Å². The molecule has 0 aliphatic heterocycles. The molecule has 0 aromatic carbocycles. The molecule has 0 bridgehead atoms. The summed E-state index contributed by atoms with van der Waals surface area (Å²) in [5.41, 5.74) is 0. The van der Waals surface area contributed by atoms with E-state index in [1.54, 1.807) is 11.8 Å². The Kier molecular flexibility index (Phi) is 4.49. The smallest absolute Gasteiger partial charge is 0.206 e. The molecule has 2 aromatic rings. The lowest BCUT2D eigenvalue weighted by atomic mass is 10.4. The third-order valence-corrected chi connectivity index (χ3v) is 2.88. The highest BCUT2D eigenvalue weighted by molar-refractivity contribution is 5.58. The van der Waals surface area contributed by atoms with Crippen molar-refractivity contribution in [3.8, 4) is 11.6 Å². The first-order valence-corrected chi connectivity index (χ1v) is 6.83. The second kappa shape index (κ2) is 6.31. The number of ether oxygens (including phenoxy) is 1. The lowest BCUT2D eigenvalue weighted by Gasteiger charge is -2.12. The molecule has 0 amide bonds. The summed E-state index contributed by atoms with van der Waals surface area (Å²) in [5, 5.41) is 7.64. The van der Waals surface area contributed by atoms with E-state index in [1.807, 2.05) is 20.8 Å². The zero-order chi connectivity index (χ0) is 14.5. The van der Waals surface area contributed by atoms with E-state index in [2.05, 4.69) is 25.4 Å². The molecule has 20 heavy (non-hydrogen) atoms. The Morgan fingerprint density at radius 2 is 2.00 bits per heavy atom. The quantitative estimate of drug-likeness (QED) is 0.864. The zero-order valence-electron chi connectivity index (χ0n) is 12.3. The topological polar surface area (TPSA) is 77.8 Å². The van der Waals surface area contributed by atoms with Crippen molar-refractivity contribution >= 4 is 5.82 Å². The summed E-state index contributed by atoms with van der Waals surface area (Å²) in [7, 11) is 1.60. The Balaban J connectivity index is 2.56. The van der Waals surface area contributed by atoms with Crippen LogP contribution in [0, 0.1) is 0 Å². The van der Waals surface area contributed by atoms with E-state index in [0.29, 0.717) is 17.4 Å². The fraction of sp³-hybridized carbons (Fsp3) is 0.538. The number of rotatable bonds is 6. The third kappa shape index (κ3) is 2.56. The first-order valence-electron chi connectivity index (χ1n) is 6.83. The second-order valence-electron chi connectivity index (χ2n) is 4.17. The minimum Gasteiger partial charge on any atom is -0.490 e. The summed E-state index contributed by atoms with van der Waals surface area (Å²) >= 11 is 0. The summed E-state index contributed by atoms with van der Waals surface area (Å²) in [4.78, 5) is 13.0. The fourth-order valence-corrected chi connectivity index (χ4v) is 1.94. The number of aromatic nitrogens is 5. The molecule has 0 spiro atoms. The van der Waals surface area contributed by atoms with Gasteiger partial charge in [0.1, 0.15) is 12.2 Å². The molecule has 7 heteroatoms. The summed E-state index contributed by atoms with van der Waals surface area (Å²) < 4.78 is 7.19. The zero-order valence-corrected chi connectivity index (χ0v) is 12.3. The van der Waals surface area contributed by atoms with Gasteiger partial charge in [-0.3, -0.25) is 0 Å². The molecule has 0 saturated heterocycles. The van der Waals surface area contributed by atoms with Gasteiger partial charge in [0.15, 0.2) is 11.6 Å². The van der Waals surface area contributed by atoms with Crippen LogP contribution in [0.1, 0.15) is 32.4 Å². The normalized spacial score (nSPS) is 10.6. The SMILES string of the molecule is CCNc1ncnc(-n2nc(CC)nc2CC)c1OC. The Morgan fingerprint density at radius 3 is 2.60 bits per heavy atom. The molecule has 1 N–H and O–H groups in total. The van der Waals surface area contributed by atoms with E-state index in [-0.39, 0.29) is 0 Å². The van der Waals surface area contributed by atoms with E-state index in [9.17, 15) is 0 Å². The molecule has 0 aliphatic carbocycles. The van der Waals surface area contributed by atoms with Gasteiger partial charge < -0.3 is 10.1 Å². The maximum atomic E-state index is 5.45. The highest BCUT2D eigenvalue weighted by Gasteiger charge is 2.18. The Hall–Kier alpha value is -2.18. The molecule has 0 radical (unpaired) electrons. The van der Waals surface area contributed by atoms with Crippen LogP contribution in [0.3, 0.4) is 0 Å². The lowest BCUT2D eigenvalue weighted by molar-refractivity contribution is 0.408. The number of hydrogen-bond acceptors (Lipinski definition) is 6. The van der Waals surface area contributed by atoms with Crippen molar-refractivity contribution in [2.75, 3.05) is 19.0 Å². The Labute approximate surface area is 118 Å². The minimum atomic E-state index is 0.580. The van der Waals surface area contributed by atoms with Crippen LogP contribution in [0.5, 0.6) is 5.75 Å². The molecule has 108 valence electrons. The van der Waals surface area contributed by atoms with Crippen LogP contribution in [0.2, 0.25) is 0 Å². The standard InChI is InChI=1S/C13H20N6O/c1-5-9-17-10(6-2)19(18-9)13-11(20-4)12(14-7-3)15-8-16-13/h8H,5-7H2,1-4H3,(H,14,15,16). The molecule has 7 nitrogen and oxygen atoms in total. The number of methoxy groups -OCH3 is 1. The molecular weight excluding hydrogens is 256 g/mol. The molecule has 0 unspecified atom stereocenters. The summed E-state index contributed by atoms with van der Waals surface area (Å²) in [6, 6.07) is 0. The molecule has 0 fully saturated rings. The largest absolute Gasteiger partial charge is 0.490 e. The summed E-state index contributed by atoms with van der Waals surface area (Å²) in [5.74, 6) is 3.52. The number of anilines is 1. The Morgan fingerprint density at radius 1 is 1.20 bits per heavy atom. The van der Waals surface area contributed by atoms with Gasteiger partial charge in [0.25, 0.3) is 0 Å². The molecule has 2 aromatic heterocycles. The number of nitrogens with zero attached hydrogens (tertiary/aromatic N) is 5.